The first-order valence-corrected chi connectivity index (χ1v) is 6.25. The Bertz CT molecular complexity index is 382. The van der Waals surface area contributed by atoms with E-state index in [-0.39, 0.29) is 5.60 Å². The van der Waals surface area contributed by atoms with E-state index in [0.717, 1.165) is 4.88 Å². The number of carboxylic acid groups (broad SMARTS) is 1. The van der Waals surface area contributed by atoms with Gasteiger partial charge in [-0.15, -0.1) is 11.3 Å². The fourth-order valence-electron chi connectivity index (χ4n) is 0.973. The van der Waals surface area contributed by atoms with E-state index in [9.17, 15) is 9.59 Å². The van der Waals surface area contributed by atoms with Crippen LogP contribution in [0.15, 0.2) is 11.4 Å². The largest absolute Gasteiger partial charge is 0.478 e. The lowest BCUT2D eigenvalue weighted by atomic mass is 10.2. The average molecular weight is 273 g/mol. The Labute approximate surface area is 111 Å². The molecule has 0 aliphatic carbocycles. The molecule has 0 atom stereocenters. The molecule has 0 spiro atoms. The van der Waals surface area contributed by atoms with Crippen molar-refractivity contribution in [2.45, 2.75) is 32.9 Å². The molecule has 2 N–H and O–H groups in total. The van der Waals surface area contributed by atoms with Gasteiger partial charge in [-0.1, -0.05) is 0 Å². The number of carbonyl (C=O) groups is 2. The smallest absolute Gasteiger partial charge is 0.336 e. The van der Waals surface area contributed by atoms with Gasteiger partial charge in [-0.05, 0) is 39.3 Å². The summed E-state index contributed by atoms with van der Waals surface area (Å²) in [5, 5.41) is 13.4. The van der Waals surface area contributed by atoms with Gasteiger partial charge in [0.15, 0.2) is 0 Å². The first-order chi connectivity index (χ1) is 8.31. The van der Waals surface area contributed by atoms with Gasteiger partial charge in [-0.25, -0.2) is 4.79 Å². The minimum Gasteiger partial charge on any atom is -0.478 e. The molecule has 0 fully saturated rings. The fraction of sp³-hybridized carbons (Fsp3) is 0.500. The third kappa shape index (κ3) is 7.03. The van der Waals surface area contributed by atoms with Crippen molar-refractivity contribution in [1.29, 1.82) is 0 Å². The number of thiophene rings is 1. The molecule has 0 amide bonds. The Hall–Kier alpha value is -1.40. The summed E-state index contributed by atoms with van der Waals surface area (Å²) in [7, 11) is 1.80. The van der Waals surface area contributed by atoms with Gasteiger partial charge in [-0.2, -0.15) is 0 Å². The molecule has 0 saturated carbocycles. The van der Waals surface area contributed by atoms with Crippen molar-refractivity contribution in [3.63, 3.8) is 0 Å². The lowest BCUT2D eigenvalue weighted by Gasteiger charge is -2.14. The second kappa shape index (κ2) is 7.84. The van der Waals surface area contributed by atoms with Gasteiger partial charge in [0, 0.05) is 11.4 Å². The number of carbonyl (C=O) groups excluding carboxylic acids is 1. The van der Waals surface area contributed by atoms with Crippen molar-refractivity contribution in [1.82, 2.24) is 5.32 Å². The first kappa shape index (κ1) is 16.6. The zero-order valence-electron chi connectivity index (χ0n) is 11.0. The van der Waals surface area contributed by atoms with Gasteiger partial charge in [0.2, 0.25) is 0 Å². The number of carboxylic acids is 1. The van der Waals surface area contributed by atoms with Crippen LogP contribution < -0.4 is 5.32 Å². The summed E-state index contributed by atoms with van der Waals surface area (Å²) < 4.78 is 4.55. The van der Waals surface area contributed by atoms with E-state index in [2.05, 4.69) is 10.1 Å². The van der Waals surface area contributed by atoms with E-state index in [1.807, 2.05) is 20.8 Å². The van der Waals surface area contributed by atoms with Crippen molar-refractivity contribution in [2.24, 2.45) is 0 Å². The zero-order chi connectivity index (χ0) is 14.2. The summed E-state index contributed by atoms with van der Waals surface area (Å²) in [6, 6.07) is 1.62. The molecule has 1 heterocycles. The van der Waals surface area contributed by atoms with Gasteiger partial charge < -0.3 is 15.2 Å². The highest BCUT2D eigenvalue weighted by atomic mass is 32.1. The first-order valence-electron chi connectivity index (χ1n) is 5.37. The van der Waals surface area contributed by atoms with Crippen LogP contribution in [-0.2, 0) is 16.1 Å². The number of ether oxygens (including phenoxy) is 1. The lowest BCUT2D eigenvalue weighted by molar-refractivity contribution is -0.138. The van der Waals surface area contributed by atoms with Crippen molar-refractivity contribution in [2.75, 3.05) is 7.05 Å². The molecule has 0 aliphatic heterocycles. The monoisotopic (exact) mass is 273 g/mol. The maximum atomic E-state index is 10.5. The fourth-order valence-corrected chi connectivity index (χ4v) is 1.85. The molecule has 6 heteroatoms. The number of aromatic carboxylic acids is 1. The SMILES string of the molecule is CC(C)(C)OC=O.CNCc1sccc1C(=O)O. The number of rotatable bonds is 4. The van der Waals surface area contributed by atoms with Gasteiger partial charge in [0.25, 0.3) is 6.47 Å². The molecule has 5 nitrogen and oxygen atoms in total. The highest BCUT2D eigenvalue weighted by molar-refractivity contribution is 7.10. The molecule has 1 rings (SSSR count). The predicted octanol–water partition coefficient (Wildman–Crippen LogP) is 2.12. The normalized spacial score (nSPS) is 10.2. The maximum Gasteiger partial charge on any atom is 0.336 e. The van der Waals surface area contributed by atoms with Crippen LogP contribution in [0.4, 0.5) is 0 Å². The van der Waals surface area contributed by atoms with Crippen molar-refractivity contribution < 1.29 is 19.4 Å². The third-order valence-electron chi connectivity index (χ3n) is 1.71. The zero-order valence-corrected chi connectivity index (χ0v) is 11.8. The Morgan fingerprint density at radius 1 is 1.56 bits per heavy atom. The van der Waals surface area contributed by atoms with Crippen LogP contribution in [0.3, 0.4) is 0 Å². The van der Waals surface area contributed by atoms with Gasteiger partial charge >= 0.3 is 5.97 Å². The van der Waals surface area contributed by atoms with E-state index < -0.39 is 5.97 Å². The molecule has 1 aromatic rings. The van der Waals surface area contributed by atoms with E-state index in [0.29, 0.717) is 18.6 Å². The van der Waals surface area contributed by atoms with Crippen LogP contribution in [0.25, 0.3) is 0 Å². The average Bonchev–Trinajstić information content (AvgIpc) is 2.65. The van der Waals surface area contributed by atoms with E-state index >= 15 is 0 Å². The van der Waals surface area contributed by atoms with E-state index in [1.54, 1.807) is 18.5 Å². The molecule has 0 saturated heterocycles. The summed E-state index contributed by atoms with van der Waals surface area (Å²) in [4.78, 5) is 21.0. The molecule has 102 valence electrons. The second-order valence-corrected chi connectivity index (χ2v) is 5.42. The van der Waals surface area contributed by atoms with E-state index in [1.165, 1.54) is 11.3 Å². The van der Waals surface area contributed by atoms with Gasteiger partial charge in [0.1, 0.15) is 5.60 Å². The Morgan fingerprint density at radius 3 is 2.50 bits per heavy atom. The summed E-state index contributed by atoms with van der Waals surface area (Å²) in [5.74, 6) is -0.850. The third-order valence-corrected chi connectivity index (χ3v) is 2.64. The highest BCUT2D eigenvalue weighted by Gasteiger charge is 2.09. The lowest BCUT2D eigenvalue weighted by Crippen LogP contribution is -2.17. The number of nitrogens with one attached hydrogen (secondary N) is 1. The minimum absolute atomic E-state index is 0.318. The predicted molar refractivity (Wildman–Crippen MR) is 70.9 cm³/mol. The summed E-state index contributed by atoms with van der Waals surface area (Å²) in [6.07, 6.45) is 0. The van der Waals surface area contributed by atoms with Gasteiger partial charge in [-0.3, -0.25) is 4.79 Å². The van der Waals surface area contributed by atoms with Crippen LogP contribution in [0, 0.1) is 0 Å². The van der Waals surface area contributed by atoms with Crippen molar-refractivity contribution in [3.05, 3.63) is 21.9 Å². The van der Waals surface area contributed by atoms with Crippen LogP contribution in [0.5, 0.6) is 0 Å². The van der Waals surface area contributed by atoms with Gasteiger partial charge in [0.05, 0.1) is 5.56 Å². The Morgan fingerprint density at radius 2 is 2.17 bits per heavy atom. The molecule has 0 aliphatic rings. The standard InChI is InChI=1S/C7H9NO2S.C5H10O2/c1-8-4-6-5(7(9)10)2-3-11-6;1-5(2,3)7-4-6/h2-3,8H,4H2,1H3,(H,9,10);4H,1-3H3. The number of hydrogen-bond acceptors (Lipinski definition) is 5. The molecule has 0 aromatic carbocycles. The Kier molecular flexibility index (Phi) is 7.23. The van der Waals surface area contributed by atoms with Crippen LogP contribution >= 0.6 is 11.3 Å². The molecule has 0 unspecified atom stereocenters. The van der Waals surface area contributed by atoms with E-state index in [4.69, 9.17) is 5.11 Å². The molecular formula is C12H19NO4S. The molecule has 0 radical (unpaired) electrons. The quantitative estimate of drug-likeness (QED) is 0.822. The molecule has 0 bridgehead atoms. The summed E-state index contributed by atoms with van der Waals surface area (Å²) >= 11 is 1.46. The minimum atomic E-state index is -0.850. The Balaban J connectivity index is 0.000000360. The molecule has 18 heavy (non-hydrogen) atoms. The van der Waals surface area contributed by atoms with Crippen LogP contribution in [0.1, 0.15) is 36.0 Å². The van der Waals surface area contributed by atoms with Crippen LogP contribution in [-0.4, -0.2) is 30.2 Å². The van der Waals surface area contributed by atoms with Crippen LogP contribution in [0.2, 0.25) is 0 Å². The summed E-state index contributed by atoms with van der Waals surface area (Å²) in [5.41, 5.74) is 0.0891. The number of hydrogen-bond donors (Lipinski definition) is 2. The maximum absolute atomic E-state index is 10.5. The second-order valence-electron chi connectivity index (χ2n) is 4.42. The molecular weight excluding hydrogens is 254 g/mol. The molecule has 1 aromatic heterocycles. The topological polar surface area (TPSA) is 75.6 Å². The van der Waals surface area contributed by atoms with Crippen molar-refractivity contribution >= 4 is 23.8 Å². The van der Waals surface area contributed by atoms with Crippen molar-refractivity contribution in [3.8, 4) is 0 Å². The summed E-state index contributed by atoms with van der Waals surface area (Å²) in [6.45, 7) is 6.55. The highest BCUT2D eigenvalue weighted by Crippen LogP contribution is 2.15.